The van der Waals surface area contributed by atoms with Gasteiger partial charge < -0.3 is 10.4 Å². The SMILES string of the molecule is O=C1CCC(N2C(=O)c3cc(C4CCNCC4)ccc3C2O)C(=O)N1. The van der Waals surface area contributed by atoms with E-state index < -0.39 is 18.2 Å². The van der Waals surface area contributed by atoms with Crippen LogP contribution >= 0.6 is 0 Å². The van der Waals surface area contributed by atoms with E-state index >= 15 is 0 Å². The number of hydrogen-bond donors (Lipinski definition) is 3. The van der Waals surface area contributed by atoms with Gasteiger partial charge >= 0.3 is 0 Å². The van der Waals surface area contributed by atoms with E-state index in [-0.39, 0.29) is 24.7 Å². The van der Waals surface area contributed by atoms with E-state index in [2.05, 4.69) is 10.6 Å². The Balaban J connectivity index is 1.62. The number of nitrogens with one attached hydrogen (secondary N) is 2. The van der Waals surface area contributed by atoms with Crippen LogP contribution in [0.4, 0.5) is 0 Å². The third-order valence-corrected chi connectivity index (χ3v) is 5.44. The number of carbonyl (C=O) groups excluding carboxylic acids is 3. The van der Waals surface area contributed by atoms with E-state index in [0.717, 1.165) is 31.5 Å². The standard InChI is InChI=1S/C18H21N3O4/c22-15-4-3-14(16(23)20-15)21-17(24)12-2-1-11(9-13(12)18(21)25)10-5-7-19-8-6-10/h1-2,9-10,14,17,19,24H,3-8H2,(H,20,22,23). The molecule has 0 saturated carbocycles. The molecule has 0 aliphatic carbocycles. The zero-order valence-electron chi connectivity index (χ0n) is 13.8. The van der Waals surface area contributed by atoms with Crippen LogP contribution in [0.5, 0.6) is 0 Å². The molecule has 3 aliphatic heterocycles. The molecule has 1 aromatic carbocycles. The van der Waals surface area contributed by atoms with Crippen LogP contribution < -0.4 is 10.6 Å². The van der Waals surface area contributed by atoms with Crippen molar-refractivity contribution in [3.05, 3.63) is 34.9 Å². The molecule has 25 heavy (non-hydrogen) atoms. The maximum absolute atomic E-state index is 12.9. The van der Waals surface area contributed by atoms with E-state index in [1.54, 1.807) is 6.07 Å². The minimum Gasteiger partial charge on any atom is -0.369 e. The molecule has 3 aliphatic rings. The summed E-state index contributed by atoms with van der Waals surface area (Å²) >= 11 is 0. The number of nitrogens with zero attached hydrogens (tertiary/aromatic N) is 1. The summed E-state index contributed by atoms with van der Waals surface area (Å²) in [6.07, 6.45) is 1.30. The van der Waals surface area contributed by atoms with E-state index in [0.29, 0.717) is 17.0 Å². The van der Waals surface area contributed by atoms with Gasteiger partial charge in [-0.1, -0.05) is 12.1 Å². The highest BCUT2D eigenvalue weighted by Gasteiger charge is 2.44. The predicted octanol–water partition coefficient (Wildman–Crippen LogP) is 0.405. The molecule has 3 amide bonds. The first kappa shape index (κ1) is 16.2. The molecule has 2 unspecified atom stereocenters. The molecule has 2 fully saturated rings. The Morgan fingerprint density at radius 2 is 1.84 bits per heavy atom. The molecule has 132 valence electrons. The van der Waals surface area contributed by atoms with Crippen molar-refractivity contribution in [2.45, 2.75) is 43.9 Å². The lowest BCUT2D eigenvalue weighted by atomic mass is 9.88. The smallest absolute Gasteiger partial charge is 0.257 e. The van der Waals surface area contributed by atoms with E-state index in [9.17, 15) is 19.5 Å². The van der Waals surface area contributed by atoms with Crippen LogP contribution in [0.25, 0.3) is 0 Å². The van der Waals surface area contributed by atoms with E-state index in [1.165, 1.54) is 4.90 Å². The molecule has 3 heterocycles. The fourth-order valence-electron chi connectivity index (χ4n) is 4.05. The number of aliphatic hydroxyl groups excluding tert-OH is 1. The van der Waals surface area contributed by atoms with Crippen molar-refractivity contribution in [2.24, 2.45) is 0 Å². The highest BCUT2D eigenvalue weighted by atomic mass is 16.3. The second-order valence-electron chi connectivity index (χ2n) is 6.92. The number of imide groups is 1. The molecule has 0 radical (unpaired) electrons. The van der Waals surface area contributed by atoms with E-state index in [4.69, 9.17) is 0 Å². The molecular weight excluding hydrogens is 322 g/mol. The Bertz CT molecular complexity index is 742. The molecule has 3 N–H and O–H groups in total. The van der Waals surface area contributed by atoms with Crippen molar-refractivity contribution in [3.63, 3.8) is 0 Å². The van der Waals surface area contributed by atoms with Gasteiger partial charge in [0.1, 0.15) is 6.04 Å². The third-order valence-electron chi connectivity index (χ3n) is 5.44. The van der Waals surface area contributed by atoms with Gasteiger partial charge in [-0.15, -0.1) is 0 Å². The number of carbonyl (C=O) groups is 3. The average Bonchev–Trinajstić information content (AvgIpc) is 2.87. The van der Waals surface area contributed by atoms with Crippen molar-refractivity contribution in [3.8, 4) is 0 Å². The van der Waals surface area contributed by atoms with Gasteiger partial charge in [-0.05, 0) is 49.9 Å². The minimum atomic E-state index is -1.14. The van der Waals surface area contributed by atoms with Crippen molar-refractivity contribution in [1.82, 2.24) is 15.5 Å². The largest absolute Gasteiger partial charge is 0.369 e. The second-order valence-corrected chi connectivity index (χ2v) is 6.92. The zero-order valence-corrected chi connectivity index (χ0v) is 13.8. The monoisotopic (exact) mass is 343 g/mol. The summed E-state index contributed by atoms with van der Waals surface area (Å²) < 4.78 is 0. The lowest BCUT2D eigenvalue weighted by Crippen LogP contribution is -2.53. The molecular formula is C18H21N3O4. The summed E-state index contributed by atoms with van der Waals surface area (Å²) in [4.78, 5) is 37.5. The molecule has 2 atom stereocenters. The summed E-state index contributed by atoms with van der Waals surface area (Å²) in [5, 5.41) is 16.2. The first-order valence-corrected chi connectivity index (χ1v) is 8.75. The average molecular weight is 343 g/mol. The first-order valence-electron chi connectivity index (χ1n) is 8.75. The highest BCUT2D eigenvalue weighted by Crippen LogP contribution is 2.37. The van der Waals surface area contributed by atoms with Crippen LogP contribution in [0.3, 0.4) is 0 Å². The van der Waals surface area contributed by atoms with Crippen LogP contribution in [0.1, 0.15) is 59.3 Å². The van der Waals surface area contributed by atoms with E-state index in [1.807, 2.05) is 12.1 Å². The normalized spacial score (nSPS) is 27.4. The lowest BCUT2D eigenvalue weighted by Gasteiger charge is -2.31. The van der Waals surface area contributed by atoms with Crippen LogP contribution in [-0.4, -0.2) is 46.9 Å². The maximum Gasteiger partial charge on any atom is 0.257 e. The summed E-state index contributed by atoms with van der Waals surface area (Å²) in [7, 11) is 0. The summed E-state index contributed by atoms with van der Waals surface area (Å²) in [6, 6.07) is 4.82. The molecule has 7 heteroatoms. The Hall–Kier alpha value is -2.25. The van der Waals surface area contributed by atoms with Gasteiger partial charge in [0, 0.05) is 17.5 Å². The summed E-state index contributed by atoms with van der Waals surface area (Å²) in [5.41, 5.74) is 2.10. The molecule has 7 nitrogen and oxygen atoms in total. The number of piperidine rings is 2. The van der Waals surface area contributed by atoms with Gasteiger partial charge in [0.25, 0.3) is 5.91 Å². The second kappa shape index (κ2) is 6.24. The number of rotatable bonds is 2. The van der Waals surface area contributed by atoms with Gasteiger partial charge in [0.15, 0.2) is 6.23 Å². The highest BCUT2D eigenvalue weighted by molar-refractivity contribution is 6.05. The number of aliphatic hydroxyl groups is 1. The fraction of sp³-hybridized carbons (Fsp3) is 0.500. The van der Waals surface area contributed by atoms with Gasteiger partial charge in [-0.2, -0.15) is 0 Å². The topological polar surface area (TPSA) is 98.7 Å². The summed E-state index contributed by atoms with van der Waals surface area (Å²) in [6.45, 7) is 1.92. The fourth-order valence-corrected chi connectivity index (χ4v) is 4.05. The van der Waals surface area contributed by atoms with Gasteiger partial charge in [-0.25, -0.2) is 0 Å². The van der Waals surface area contributed by atoms with Crippen molar-refractivity contribution in [1.29, 1.82) is 0 Å². The Morgan fingerprint density at radius 3 is 2.56 bits per heavy atom. The molecule has 0 aromatic heterocycles. The number of benzene rings is 1. The van der Waals surface area contributed by atoms with Crippen LogP contribution in [-0.2, 0) is 9.59 Å². The summed E-state index contributed by atoms with van der Waals surface area (Å²) in [5.74, 6) is -0.794. The van der Waals surface area contributed by atoms with Crippen molar-refractivity contribution >= 4 is 17.7 Å². The molecule has 1 aromatic rings. The van der Waals surface area contributed by atoms with Gasteiger partial charge in [0.2, 0.25) is 11.8 Å². The Kier molecular flexibility index (Phi) is 4.05. The number of hydrogen-bond acceptors (Lipinski definition) is 5. The van der Waals surface area contributed by atoms with Crippen LogP contribution in [0.15, 0.2) is 18.2 Å². The molecule has 2 saturated heterocycles. The van der Waals surface area contributed by atoms with Gasteiger partial charge in [-0.3, -0.25) is 24.6 Å². The third kappa shape index (κ3) is 2.73. The molecule has 0 bridgehead atoms. The van der Waals surface area contributed by atoms with Crippen molar-refractivity contribution < 1.29 is 19.5 Å². The predicted molar refractivity (Wildman–Crippen MR) is 88.6 cm³/mol. The van der Waals surface area contributed by atoms with Crippen LogP contribution in [0.2, 0.25) is 0 Å². The first-order chi connectivity index (χ1) is 12.1. The lowest BCUT2D eigenvalue weighted by molar-refractivity contribution is -0.139. The zero-order chi connectivity index (χ0) is 17.6. The minimum absolute atomic E-state index is 0.170. The van der Waals surface area contributed by atoms with Crippen molar-refractivity contribution in [2.75, 3.05) is 13.1 Å². The van der Waals surface area contributed by atoms with Gasteiger partial charge in [0.05, 0.1) is 0 Å². The Morgan fingerprint density at radius 1 is 1.08 bits per heavy atom. The number of amides is 3. The van der Waals surface area contributed by atoms with Crippen LogP contribution in [0, 0.1) is 0 Å². The quantitative estimate of drug-likeness (QED) is 0.676. The molecule has 0 spiro atoms. The maximum atomic E-state index is 12.9. The molecule has 4 rings (SSSR count). The number of fused-ring (bicyclic) bond motifs is 1. The Labute approximate surface area is 145 Å².